The van der Waals surface area contributed by atoms with Gasteiger partial charge in [0.25, 0.3) is 11.7 Å². The Morgan fingerprint density at radius 1 is 0.846 bits per heavy atom. The number of benzene rings is 3. The van der Waals surface area contributed by atoms with Gasteiger partial charge < -0.3 is 24.2 Å². The van der Waals surface area contributed by atoms with E-state index in [4.69, 9.17) is 14.2 Å². The lowest BCUT2D eigenvalue weighted by Crippen LogP contribution is -2.29. The summed E-state index contributed by atoms with van der Waals surface area (Å²) in [6.07, 6.45) is 1.62. The van der Waals surface area contributed by atoms with E-state index in [1.807, 2.05) is 36.4 Å². The third-order valence-electron chi connectivity index (χ3n) is 6.42. The molecule has 1 fully saturated rings. The number of aliphatic hydroxyl groups is 1. The molecule has 2 heterocycles. The Kier molecular flexibility index (Phi) is 7.27. The van der Waals surface area contributed by atoms with Gasteiger partial charge in [-0.1, -0.05) is 42.5 Å². The third-order valence-corrected chi connectivity index (χ3v) is 6.42. The number of carbonyl (C=O) groups excluding carboxylic acids is 2. The van der Waals surface area contributed by atoms with Gasteiger partial charge in [-0.15, -0.1) is 0 Å². The van der Waals surface area contributed by atoms with Crippen molar-refractivity contribution >= 4 is 17.4 Å². The van der Waals surface area contributed by atoms with E-state index in [1.165, 1.54) is 19.1 Å². The molecule has 0 aliphatic carbocycles. The largest absolute Gasteiger partial charge is 0.506 e. The van der Waals surface area contributed by atoms with Crippen LogP contribution in [0.5, 0.6) is 23.0 Å². The van der Waals surface area contributed by atoms with E-state index in [0.29, 0.717) is 34.3 Å². The van der Waals surface area contributed by atoms with Crippen molar-refractivity contribution in [1.29, 1.82) is 0 Å². The molecule has 1 amide bonds. The molecule has 1 aliphatic rings. The Morgan fingerprint density at radius 2 is 1.51 bits per heavy atom. The molecule has 1 atom stereocenters. The minimum atomic E-state index is -0.930. The fourth-order valence-electron chi connectivity index (χ4n) is 4.65. The highest BCUT2D eigenvalue weighted by Crippen LogP contribution is 2.44. The SMILES string of the molecule is COc1cccc(OC)c1/C(O)=C1\C(=O)C(=O)N(Cc2ccccn2)C1c1cccc(Oc2ccccc2)c1. The molecule has 4 aromatic rings. The average molecular weight is 523 g/mol. The van der Waals surface area contributed by atoms with E-state index in [0.717, 1.165) is 0 Å². The maximum Gasteiger partial charge on any atom is 0.296 e. The van der Waals surface area contributed by atoms with E-state index in [2.05, 4.69) is 4.98 Å². The number of likely N-dealkylation sites (tertiary alicyclic amines) is 1. The second kappa shape index (κ2) is 11.1. The number of aromatic nitrogens is 1. The number of methoxy groups -OCH3 is 2. The number of rotatable bonds is 8. The molecule has 1 unspecified atom stereocenters. The van der Waals surface area contributed by atoms with Crippen molar-refractivity contribution in [2.24, 2.45) is 0 Å². The molecule has 1 aliphatic heterocycles. The van der Waals surface area contributed by atoms with Crippen LogP contribution in [-0.2, 0) is 16.1 Å². The van der Waals surface area contributed by atoms with E-state index in [9.17, 15) is 14.7 Å². The highest BCUT2D eigenvalue weighted by molar-refractivity contribution is 6.46. The van der Waals surface area contributed by atoms with Gasteiger partial charge in [0.15, 0.2) is 0 Å². The number of hydrogen-bond acceptors (Lipinski definition) is 7. The fourth-order valence-corrected chi connectivity index (χ4v) is 4.65. The van der Waals surface area contributed by atoms with Crippen LogP contribution in [0.15, 0.2) is 103 Å². The first-order chi connectivity index (χ1) is 19.0. The van der Waals surface area contributed by atoms with Crippen molar-refractivity contribution in [3.05, 3.63) is 120 Å². The number of amides is 1. The molecule has 0 saturated carbocycles. The molecule has 1 saturated heterocycles. The van der Waals surface area contributed by atoms with E-state index >= 15 is 0 Å². The van der Waals surface area contributed by atoms with Gasteiger partial charge in [-0.05, 0) is 54.1 Å². The molecule has 3 aromatic carbocycles. The number of Topliss-reactive ketones (excluding diaryl/α,β-unsaturated/α-hetero) is 1. The molecule has 0 bridgehead atoms. The van der Waals surface area contributed by atoms with Gasteiger partial charge in [-0.2, -0.15) is 0 Å². The Balaban J connectivity index is 1.67. The van der Waals surface area contributed by atoms with Gasteiger partial charge in [0.05, 0.1) is 38.1 Å². The molecule has 39 heavy (non-hydrogen) atoms. The predicted molar refractivity (Wildman–Crippen MR) is 145 cm³/mol. The lowest BCUT2D eigenvalue weighted by molar-refractivity contribution is -0.140. The highest BCUT2D eigenvalue weighted by atomic mass is 16.5. The average Bonchev–Trinajstić information content (AvgIpc) is 3.22. The normalized spacial score (nSPS) is 16.3. The molecule has 196 valence electrons. The smallest absolute Gasteiger partial charge is 0.296 e. The molecule has 1 N–H and O–H groups in total. The maximum atomic E-state index is 13.5. The van der Waals surface area contributed by atoms with Crippen molar-refractivity contribution in [2.45, 2.75) is 12.6 Å². The molecular weight excluding hydrogens is 496 g/mol. The van der Waals surface area contributed by atoms with Gasteiger partial charge >= 0.3 is 0 Å². The van der Waals surface area contributed by atoms with Gasteiger partial charge in [0.2, 0.25) is 0 Å². The number of pyridine rings is 1. The van der Waals surface area contributed by atoms with Crippen LogP contribution >= 0.6 is 0 Å². The quantitative estimate of drug-likeness (QED) is 0.185. The van der Waals surface area contributed by atoms with Crippen LogP contribution < -0.4 is 14.2 Å². The van der Waals surface area contributed by atoms with Crippen LogP contribution in [0.25, 0.3) is 5.76 Å². The lowest BCUT2D eigenvalue weighted by Gasteiger charge is -2.25. The van der Waals surface area contributed by atoms with Crippen LogP contribution in [0.1, 0.15) is 22.9 Å². The summed E-state index contributed by atoms with van der Waals surface area (Å²) in [5.41, 5.74) is 1.26. The first-order valence-corrected chi connectivity index (χ1v) is 12.2. The first kappa shape index (κ1) is 25.5. The second-order valence-corrected chi connectivity index (χ2v) is 8.77. The maximum absolute atomic E-state index is 13.5. The van der Waals surface area contributed by atoms with Crippen molar-refractivity contribution in [3.8, 4) is 23.0 Å². The number of para-hydroxylation sites is 1. The van der Waals surface area contributed by atoms with Crippen LogP contribution in [0, 0.1) is 0 Å². The first-order valence-electron chi connectivity index (χ1n) is 12.2. The van der Waals surface area contributed by atoms with Crippen molar-refractivity contribution < 1.29 is 28.9 Å². The molecule has 1 aromatic heterocycles. The molecular formula is C31H26N2O6. The Bertz CT molecular complexity index is 1510. The molecule has 8 heteroatoms. The minimum Gasteiger partial charge on any atom is -0.506 e. The number of aliphatic hydroxyl groups excluding tert-OH is 1. The topological polar surface area (TPSA) is 98.2 Å². The van der Waals surface area contributed by atoms with Crippen molar-refractivity contribution in [2.75, 3.05) is 14.2 Å². The summed E-state index contributed by atoms with van der Waals surface area (Å²) in [5.74, 6) is -0.241. The van der Waals surface area contributed by atoms with Gasteiger partial charge in [-0.25, -0.2) is 0 Å². The molecule has 0 spiro atoms. The van der Waals surface area contributed by atoms with E-state index < -0.39 is 23.5 Å². The highest BCUT2D eigenvalue weighted by Gasteiger charge is 2.47. The molecule has 8 nitrogen and oxygen atoms in total. The summed E-state index contributed by atoms with van der Waals surface area (Å²) in [7, 11) is 2.90. The zero-order chi connectivity index (χ0) is 27.4. The number of hydrogen-bond donors (Lipinski definition) is 1. The summed E-state index contributed by atoms with van der Waals surface area (Å²) < 4.78 is 17.0. The summed E-state index contributed by atoms with van der Waals surface area (Å²) in [4.78, 5) is 32.7. The third kappa shape index (κ3) is 5.04. The van der Waals surface area contributed by atoms with E-state index in [-0.39, 0.29) is 17.7 Å². The number of carbonyl (C=O) groups is 2. The molecule has 0 radical (unpaired) electrons. The van der Waals surface area contributed by atoms with Gasteiger partial charge in [0, 0.05) is 6.20 Å². The summed E-state index contributed by atoms with van der Waals surface area (Å²) in [6.45, 7) is 0.0552. The summed E-state index contributed by atoms with van der Waals surface area (Å²) >= 11 is 0. The minimum absolute atomic E-state index is 0.0552. The van der Waals surface area contributed by atoms with Crippen LogP contribution in [-0.4, -0.2) is 40.9 Å². The zero-order valence-corrected chi connectivity index (χ0v) is 21.4. The second-order valence-electron chi connectivity index (χ2n) is 8.77. The van der Waals surface area contributed by atoms with Crippen LogP contribution in [0.4, 0.5) is 0 Å². The number of nitrogens with zero attached hydrogens (tertiary/aromatic N) is 2. The van der Waals surface area contributed by atoms with Crippen molar-refractivity contribution in [3.63, 3.8) is 0 Å². The van der Waals surface area contributed by atoms with Gasteiger partial charge in [-0.3, -0.25) is 14.6 Å². The summed E-state index contributed by atoms with van der Waals surface area (Å²) in [5, 5.41) is 11.6. The summed E-state index contributed by atoms with van der Waals surface area (Å²) in [6, 6.07) is 25.8. The zero-order valence-electron chi connectivity index (χ0n) is 21.4. The molecule has 5 rings (SSSR count). The Morgan fingerprint density at radius 3 is 2.18 bits per heavy atom. The van der Waals surface area contributed by atoms with Gasteiger partial charge in [0.1, 0.15) is 34.3 Å². The van der Waals surface area contributed by atoms with Crippen LogP contribution in [0.3, 0.4) is 0 Å². The number of ketones is 1. The number of ether oxygens (including phenoxy) is 3. The predicted octanol–water partition coefficient (Wildman–Crippen LogP) is 5.51. The van der Waals surface area contributed by atoms with Crippen LogP contribution in [0.2, 0.25) is 0 Å². The standard InChI is InChI=1S/C31H26N2O6/c1-37-24-15-9-16-25(38-2)26(24)29(34)27-28(33(31(36)30(27)35)19-21-11-6-7-17-32-21)20-10-8-14-23(18-20)39-22-12-4-3-5-13-22/h3-18,28,34H,19H2,1-2H3/b29-27+. The fraction of sp³-hybridized carbons (Fsp3) is 0.129. The Hall–Kier alpha value is -5.11. The Labute approximate surface area is 225 Å². The van der Waals surface area contributed by atoms with E-state index in [1.54, 1.807) is 60.8 Å². The monoisotopic (exact) mass is 522 g/mol. The van der Waals surface area contributed by atoms with Crippen molar-refractivity contribution in [1.82, 2.24) is 9.88 Å². The lowest BCUT2D eigenvalue weighted by atomic mass is 9.94.